The Hall–Kier alpha value is -6.94. The summed E-state index contributed by atoms with van der Waals surface area (Å²) in [7, 11) is 3.51. The molecule has 464 valence electrons. The van der Waals surface area contributed by atoms with Gasteiger partial charge in [0, 0.05) is 25.9 Å². The molecule has 10 amide bonds. The maximum Gasteiger partial charge on any atom is 0.246 e. The molecule has 22 heteroatoms. The number of rotatable bonds is 18. The first kappa shape index (κ1) is 67.8. The van der Waals surface area contributed by atoms with Crippen LogP contribution in [0.3, 0.4) is 0 Å². The normalized spacial score (nSPS) is 26.2. The summed E-state index contributed by atoms with van der Waals surface area (Å²) in [5.74, 6) is -7.46. The molecule has 84 heavy (non-hydrogen) atoms. The van der Waals surface area contributed by atoms with E-state index in [4.69, 9.17) is 0 Å². The Morgan fingerprint density at radius 1 is 0.417 bits per heavy atom. The molecule has 0 radical (unpaired) electrons. The van der Waals surface area contributed by atoms with E-state index in [1.54, 1.807) is 66.1 Å². The van der Waals surface area contributed by atoms with Gasteiger partial charge in [0.25, 0.3) is 0 Å². The van der Waals surface area contributed by atoms with E-state index < -0.39 is 131 Å². The fourth-order valence-corrected chi connectivity index (χ4v) is 11.2. The highest BCUT2D eigenvalue weighted by molar-refractivity contribution is 6.00. The van der Waals surface area contributed by atoms with Crippen molar-refractivity contribution >= 4 is 59.1 Å². The fourth-order valence-electron chi connectivity index (χ4n) is 11.2. The van der Waals surface area contributed by atoms with E-state index >= 15 is 0 Å². The van der Waals surface area contributed by atoms with Crippen LogP contribution in [-0.4, -0.2) is 170 Å². The fraction of sp³-hybridized carbons (Fsp3) is 0.645. The third kappa shape index (κ3) is 20.1. The van der Waals surface area contributed by atoms with E-state index in [1.807, 2.05) is 64.1 Å². The molecule has 2 aromatic carbocycles. The lowest BCUT2D eigenvalue weighted by Gasteiger charge is -2.33. The van der Waals surface area contributed by atoms with Crippen LogP contribution in [0.5, 0.6) is 0 Å². The maximum absolute atomic E-state index is 15.0. The first-order valence-electron chi connectivity index (χ1n) is 30.4. The number of hydrogen-bond donors (Lipinski definition) is 10. The minimum absolute atomic E-state index is 0.0400. The minimum atomic E-state index is -1.20. The molecule has 2 aromatic rings. The standard InChI is InChI=1S/C62H96N12O10/c1-37(2)33-45-55(77)69-47(35-41-21-13-11-14-22-41)61(83)73-31-19-27-49(73)57(79)72-52(40(7)8)60(82)66-44(26-18-30-64-10)54(76)68-46(34-38(3)4)56(78)70-48(36-42-23-15-12-16-24-42)62(84)74-32-20-28-50(74)58(80)71-51(39(5)6)59(81)65-43(53(75)67-45)25-17-29-63-9/h11-16,21-24,37-40,43-52,63-64H,17-20,25-36H2,1-10H3,(H,65,81)(H,66,82)(H,67,75)(H,68,76)(H,69,77)(H,70,78)(H,71,80)(H,72,79)/t43-,44-,45-,46-,47+,48+,49-,50-,51-,52-/m0/s1. The van der Waals surface area contributed by atoms with Crippen molar-refractivity contribution in [3.63, 3.8) is 0 Å². The Labute approximate surface area is 496 Å². The summed E-state index contributed by atoms with van der Waals surface area (Å²) in [4.78, 5) is 149. The number of carbonyl (C=O) groups is 10. The third-order valence-corrected chi connectivity index (χ3v) is 15.8. The SMILES string of the molecule is CNCCC[C@@H]1NC(=O)[C@H](C(C)C)NC(=O)[C@@H]2CCCN2C(=O)[C@@H](Cc2ccccc2)NC(=O)[C@H](CC(C)C)NC(=O)[C@H](CCCNC)NC(=O)[C@H](C(C)C)NC(=O)[C@@H]2CCCN2C(=O)[C@@H](Cc2ccccc2)NC(=O)[C@H](CC(C)C)NC1=O. The first-order valence-corrected chi connectivity index (χ1v) is 30.4. The summed E-state index contributed by atoms with van der Waals surface area (Å²) in [5.41, 5.74) is 1.44. The highest BCUT2D eigenvalue weighted by Gasteiger charge is 2.43. The van der Waals surface area contributed by atoms with E-state index in [0.717, 1.165) is 11.1 Å². The number of amides is 10. The van der Waals surface area contributed by atoms with Gasteiger partial charge in [-0.3, -0.25) is 47.9 Å². The lowest BCUT2D eigenvalue weighted by Crippen LogP contribution is -2.62. The quantitative estimate of drug-likeness (QED) is 0.0956. The molecule has 0 bridgehead atoms. The molecule has 0 aromatic heterocycles. The van der Waals surface area contributed by atoms with Gasteiger partial charge in [0.2, 0.25) is 59.1 Å². The van der Waals surface area contributed by atoms with Crippen LogP contribution >= 0.6 is 0 Å². The largest absolute Gasteiger partial charge is 0.343 e. The molecule has 0 unspecified atom stereocenters. The van der Waals surface area contributed by atoms with Gasteiger partial charge in [-0.2, -0.15) is 0 Å². The van der Waals surface area contributed by atoms with E-state index in [-0.39, 0.29) is 76.3 Å². The smallest absolute Gasteiger partial charge is 0.246 e. The number of nitrogens with one attached hydrogen (secondary N) is 10. The van der Waals surface area contributed by atoms with Crippen molar-refractivity contribution in [2.45, 2.75) is 193 Å². The summed E-state index contributed by atoms with van der Waals surface area (Å²) < 4.78 is 0. The van der Waals surface area contributed by atoms with Gasteiger partial charge in [0.05, 0.1) is 0 Å². The predicted octanol–water partition coefficient (Wildman–Crippen LogP) is 1.75. The van der Waals surface area contributed by atoms with Crippen LogP contribution < -0.4 is 53.2 Å². The van der Waals surface area contributed by atoms with Crippen molar-refractivity contribution < 1.29 is 47.9 Å². The maximum atomic E-state index is 15.0. The van der Waals surface area contributed by atoms with Gasteiger partial charge in [-0.1, -0.05) is 116 Å². The highest BCUT2D eigenvalue weighted by Crippen LogP contribution is 2.24. The summed E-state index contributed by atoms with van der Waals surface area (Å²) in [6.45, 7) is 15.9. The zero-order valence-corrected chi connectivity index (χ0v) is 51.1. The van der Waals surface area contributed by atoms with Gasteiger partial charge in [0.15, 0.2) is 0 Å². The molecule has 0 spiro atoms. The average molecular weight is 1170 g/mol. The molecule has 5 rings (SSSR count). The molecular weight excluding hydrogens is 1070 g/mol. The van der Waals surface area contributed by atoms with E-state index in [0.29, 0.717) is 38.8 Å². The van der Waals surface area contributed by atoms with Crippen LogP contribution in [0.25, 0.3) is 0 Å². The molecule has 3 aliphatic heterocycles. The Bertz CT molecular complexity index is 2360. The van der Waals surface area contributed by atoms with Gasteiger partial charge in [-0.15, -0.1) is 0 Å². The molecule has 22 nitrogen and oxygen atoms in total. The van der Waals surface area contributed by atoms with Crippen LogP contribution in [0.4, 0.5) is 0 Å². The lowest BCUT2D eigenvalue weighted by molar-refractivity contribution is -0.143. The van der Waals surface area contributed by atoms with E-state index in [2.05, 4.69) is 53.2 Å². The second-order valence-corrected chi connectivity index (χ2v) is 24.3. The number of nitrogens with zero attached hydrogens (tertiary/aromatic N) is 2. The average Bonchev–Trinajstić information content (AvgIpc) is 4.31. The summed E-state index contributed by atoms with van der Waals surface area (Å²) in [6.07, 6.45) is 2.98. The molecule has 3 saturated heterocycles. The van der Waals surface area contributed by atoms with Gasteiger partial charge in [-0.05, 0) is 126 Å². The zero-order chi connectivity index (χ0) is 61.6. The summed E-state index contributed by atoms with van der Waals surface area (Å²) in [6, 6.07) is 6.63. The van der Waals surface area contributed by atoms with Crippen LogP contribution in [0, 0.1) is 23.7 Å². The molecule has 10 N–H and O–H groups in total. The van der Waals surface area contributed by atoms with Crippen molar-refractivity contribution in [3.8, 4) is 0 Å². The number of fused-ring (bicyclic) bond motifs is 2. The van der Waals surface area contributed by atoms with Gasteiger partial charge in [-0.25, -0.2) is 0 Å². The van der Waals surface area contributed by atoms with Crippen molar-refractivity contribution in [2.75, 3.05) is 40.3 Å². The first-order chi connectivity index (χ1) is 40.0. The third-order valence-electron chi connectivity index (χ3n) is 15.8. The Morgan fingerprint density at radius 2 is 0.738 bits per heavy atom. The van der Waals surface area contributed by atoms with Crippen molar-refractivity contribution in [2.24, 2.45) is 23.7 Å². The number of benzene rings is 2. The molecule has 3 heterocycles. The van der Waals surface area contributed by atoms with Crippen LogP contribution in [0.15, 0.2) is 60.7 Å². The van der Waals surface area contributed by atoms with Gasteiger partial charge < -0.3 is 63.0 Å². The minimum Gasteiger partial charge on any atom is -0.343 e. The van der Waals surface area contributed by atoms with Crippen molar-refractivity contribution in [3.05, 3.63) is 71.8 Å². The van der Waals surface area contributed by atoms with Crippen LogP contribution in [0.1, 0.15) is 131 Å². The van der Waals surface area contributed by atoms with Crippen LogP contribution in [0.2, 0.25) is 0 Å². The zero-order valence-electron chi connectivity index (χ0n) is 51.1. The Balaban J connectivity index is 1.59. The number of hydrogen-bond acceptors (Lipinski definition) is 12. The van der Waals surface area contributed by atoms with E-state index in [9.17, 15) is 47.9 Å². The second-order valence-electron chi connectivity index (χ2n) is 24.3. The van der Waals surface area contributed by atoms with Gasteiger partial charge >= 0.3 is 0 Å². The van der Waals surface area contributed by atoms with Crippen molar-refractivity contribution in [1.29, 1.82) is 0 Å². The molecule has 3 fully saturated rings. The lowest BCUT2D eigenvalue weighted by atomic mass is 9.98. The molecular formula is C62H96N12O10. The molecule has 10 atom stereocenters. The van der Waals surface area contributed by atoms with Crippen LogP contribution in [-0.2, 0) is 60.8 Å². The van der Waals surface area contributed by atoms with Crippen molar-refractivity contribution in [1.82, 2.24) is 63.0 Å². The van der Waals surface area contributed by atoms with E-state index in [1.165, 1.54) is 9.80 Å². The topological polar surface area (TPSA) is 297 Å². The monoisotopic (exact) mass is 1170 g/mol. The molecule has 0 aliphatic carbocycles. The van der Waals surface area contributed by atoms with Gasteiger partial charge in [0.1, 0.15) is 60.4 Å². The summed E-state index contributed by atoms with van der Waals surface area (Å²) >= 11 is 0. The predicted molar refractivity (Wildman–Crippen MR) is 320 cm³/mol. The second kappa shape index (κ2) is 33.5. The Morgan fingerprint density at radius 3 is 1.06 bits per heavy atom. The number of carbonyl (C=O) groups excluding carboxylic acids is 10. The summed E-state index contributed by atoms with van der Waals surface area (Å²) in [5, 5.41) is 29.3. The molecule has 3 aliphatic rings. The Kier molecular flexibility index (Phi) is 27.1. The highest BCUT2D eigenvalue weighted by atomic mass is 16.2. The molecule has 0 saturated carbocycles.